The predicted octanol–water partition coefficient (Wildman–Crippen LogP) is 4.67. The van der Waals surface area contributed by atoms with Crippen molar-refractivity contribution in [3.05, 3.63) is 59.7 Å². The Labute approximate surface area is 191 Å². The van der Waals surface area contributed by atoms with E-state index in [1.807, 2.05) is 23.1 Å². The summed E-state index contributed by atoms with van der Waals surface area (Å²) in [6, 6.07) is 15.7. The van der Waals surface area contributed by atoms with E-state index >= 15 is 0 Å². The highest BCUT2D eigenvalue weighted by atomic mass is 16.2. The van der Waals surface area contributed by atoms with Crippen molar-refractivity contribution >= 4 is 23.3 Å². The number of anilines is 2. The number of amides is 3. The molecule has 0 unspecified atom stereocenters. The third-order valence-electron chi connectivity index (χ3n) is 6.63. The second-order valence-corrected chi connectivity index (χ2v) is 8.88. The van der Waals surface area contributed by atoms with E-state index in [4.69, 9.17) is 0 Å². The lowest BCUT2D eigenvalue weighted by atomic mass is 10.0. The molecular formula is C26H34N4O2. The van der Waals surface area contributed by atoms with Crippen LogP contribution >= 0.6 is 0 Å². The maximum absolute atomic E-state index is 13.0. The predicted molar refractivity (Wildman–Crippen MR) is 129 cm³/mol. The number of nitrogens with zero attached hydrogens (tertiary/aromatic N) is 2. The standard InChI is InChI=1S/C26H34N4O2/c1-20-8-4-6-17-29(20)19-16-27-25(31)22-12-14-23(15-13-22)28-26(32)30-18-7-5-10-21-9-2-3-11-24(21)30/h2-3,9,11-15,20H,4-8,10,16-19H2,1H3,(H,27,31)(H,28,32)/t20-/m1/s1. The average molecular weight is 435 g/mol. The van der Waals surface area contributed by atoms with Crippen LogP contribution < -0.4 is 15.5 Å². The molecule has 6 heteroatoms. The number of carbonyl (C=O) groups excluding carboxylic acids is 2. The van der Waals surface area contributed by atoms with Crippen LogP contribution in [0.5, 0.6) is 0 Å². The second kappa shape index (κ2) is 10.6. The number of hydrogen-bond acceptors (Lipinski definition) is 3. The Kier molecular flexibility index (Phi) is 7.43. The smallest absolute Gasteiger partial charge is 0.326 e. The van der Waals surface area contributed by atoms with Gasteiger partial charge in [-0.25, -0.2) is 4.79 Å². The minimum Gasteiger partial charge on any atom is -0.351 e. The number of rotatable bonds is 5. The number of hydrogen-bond donors (Lipinski definition) is 2. The highest BCUT2D eigenvalue weighted by Crippen LogP contribution is 2.26. The third kappa shape index (κ3) is 5.49. The van der Waals surface area contributed by atoms with Gasteiger partial charge in [0.05, 0.1) is 0 Å². The van der Waals surface area contributed by atoms with Crippen LogP contribution in [-0.4, -0.2) is 49.1 Å². The summed E-state index contributed by atoms with van der Waals surface area (Å²) in [7, 11) is 0. The number of carbonyl (C=O) groups is 2. The van der Waals surface area contributed by atoms with E-state index < -0.39 is 0 Å². The summed E-state index contributed by atoms with van der Waals surface area (Å²) in [6.07, 6.45) is 6.86. The summed E-state index contributed by atoms with van der Waals surface area (Å²) in [6.45, 7) is 5.62. The van der Waals surface area contributed by atoms with E-state index in [9.17, 15) is 9.59 Å². The summed E-state index contributed by atoms with van der Waals surface area (Å²) in [5, 5.41) is 6.01. The van der Waals surface area contributed by atoms with Crippen molar-refractivity contribution in [2.75, 3.05) is 36.4 Å². The van der Waals surface area contributed by atoms with Gasteiger partial charge in [-0.15, -0.1) is 0 Å². The van der Waals surface area contributed by atoms with Gasteiger partial charge >= 0.3 is 6.03 Å². The van der Waals surface area contributed by atoms with Crippen molar-refractivity contribution in [1.29, 1.82) is 0 Å². The van der Waals surface area contributed by atoms with Gasteiger partial charge in [-0.3, -0.25) is 14.6 Å². The quantitative estimate of drug-likeness (QED) is 0.719. The number of urea groups is 1. The number of fused-ring (bicyclic) bond motifs is 1. The molecule has 32 heavy (non-hydrogen) atoms. The maximum Gasteiger partial charge on any atom is 0.326 e. The highest BCUT2D eigenvalue weighted by molar-refractivity contribution is 6.02. The molecule has 0 bridgehead atoms. The molecule has 0 spiro atoms. The molecule has 4 rings (SSSR count). The molecule has 1 fully saturated rings. The first kappa shape index (κ1) is 22.3. The summed E-state index contributed by atoms with van der Waals surface area (Å²) in [4.78, 5) is 29.7. The monoisotopic (exact) mass is 434 g/mol. The van der Waals surface area contributed by atoms with Crippen LogP contribution in [0.2, 0.25) is 0 Å². The first-order valence-electron chi connectivity index (χ1n) is 11.9. The van der Waals surface area contributed by atoms with Gasteiger partial charge in [-0.05, 0) is 81.5 Å². The fourth-order valence-electron chi connectivity index (χ4n) is 4.70. The van der Waals surface area contributed by atoms with Crippen LogP contribution in [-0.2, 0) is 6.42 Å². The number of likely N-dealkylation sites (tertiary alicyclic amines) is 1. The van der Waals surface area contributed by atoms with Crippen molar-refractivity contribution in [2.24, 2.45) is 0 Å². The van der Waals surface area contributed by atoms with Gasteiger partial charge in [-0.2, -0.15) is 0 Å². The summed E-state index contributed by atoms with van der Waals surface area (Å²) < 4.78 is 0. The molecule has 2 aliphatic rings. The lowest BCUT2D eigenvalue weighted by Crippen LogP contribution is -2.42. The van der Waals surface area contributed by atoms with Gasteiger partial charge in [0, 0.05) is 42.6 Å². The number of nitrogens with one attached hydrogen (secondary N) is 2. The minimum absolute atomic E-state index is 0.0750. The molecule has 0 radical (unpaired) electrons. The van der Waals surface area contributed by atoms with Gasteiger partial charge in [0.25, 0.3) is 5.91 Å². The van der Waals surface area contributed by atoms with Crippen LogP contribution in [0.1, 0.15) is 54.9 Å². The first-order valence-corrected chi connectivity index (χ1v) is 11.9. The van der Waals surface area contributed by atoms with Gasteiger partial charge in [-0.1, -0.05) is 24.6 Å². The number of benzene rings is 2. The molecule has 2 aliphatic heterocycles. The van der Waals surface area contributed by atoms with Crippen molar-refractivity contribution < 1.29 is 9.59 Å². The number of aryl methyl sites for hydroxylation is 1. The van der Waals surface area contributed by atoms with Crippen molar-refractivity contribution in [2.45, 2.75) is 51.5 Å². The highest BCUT2D eigenvalue weighted by Gasteiger charge is 2.21. The Balaban J connectivity index is 1.30. The van der Waals surface area contributed by atoms with E-state index in [1.165, 1.54) is 24.8 Å². The molecular weight excluding hydrogens is 400 g/mol. The lowest BCUT2D eigenvalue weighted by molar-refractivity contribution is 0.0938. The largest absolute Gasteiger partial charge is 0.351 e. The molecule has 2 aromatic carbocycles. The van der Waals surface area contributed by atoms with E-state index in [2.05, 4.69) is 28.5 Å². The van der Waals surface area contributed by atoms with Crippen molar-refractivity contribution in [3.63, 3.8) is 0 Å². The third-order valence-corrected chi connectivity index (χ3v) is 6.63. The molecule has 2 N–H and O–H groups in total. The normalized spacial score (nSPS) is 19.0. The fourth-order valence-corrected chi connectivity index (χ4v) is 4.70. The molecule has 6 nitrogen and oxygen atoms in total. The Hall–Kier alpha value is -2.86. The molecule has 0 aliphatic carbocycles. The van der Waals surface area contributed by atoms with Gasteiger partial charge < -0.3 is 10.6 Å². The van der Waals surface area contributed by atoms with E-state index in [0.717, 1.165) is 38.0 Å². The molecule has 2 heterocycles. The zero-order valence-electron chi connectivity index (χ0n) is 19.0. The fraction of sp³-hybridized carbons (Fsp3) is 0.462. The molecule has 2 aromatic rings. The van der Waals surface area contributed by atoms with Crippen LogP contribution in [0, 0.1) is 0 Å². The Morgan fingerprint density at radius 2 is 1.75 bits per heavy atom. The topological polar surface area (TPSA) is 64.7 Å². The van der Waals surface area contributed by atoms with E-state index in [0.29, 0.717) is 30.4 Å². The van der Waals surface area contributed by atoms with Gasteiger partial charge in [0.2, 0.25) is 0 Å². The first-order chi connectivity index (χ1) is 15.6. The molecule has 1 atom stereocenters. The van der Waals surface area contributed by atoms with Crippen LogP contribution in [0.25, 0.3) is 0 Å². The molecule has 1 saturated heterocycles. The Morgan fingerprint density at radius 3 is 2.56 bits per heavy atom. The Bertz CT molecular complexity index is 928. The second-order valence-electron chi connectivity index (χ2n) is 8.88. The summed E-state index contributed by atoms with van der Waals surface area (Å²) in [5.74, 6) is -0.0750. The summed E-state index contributed by atoms with van der Waals surface area (Å²) in [5.41, 5.74) is 3.50. The SMILES string of the molecule is C[C@@H]1CCCCN1CCNC(=O)c1ccc(NC(=O)N2CCCCc3ccccc32)cc1. The van der Waals surface area contributed by atoms with E-state index in [1.54, 1.807) is 24.3 Å². The minimum atomic E-state index is -0.132. The molecule has 0 aromatic heterocycles. The van der Waals surface area contributed by atoms with Crippen molar-refractivity contribution in [1.82, 2.24) is 10.2 Å². The molecule has 3 amide bonds. The Morgan fingerprint density at radius 1 is 0.969 bits per heavy atom. The number of piperidine rings is 1. The van der Waals surface area contributed by atoms with Crippen LogP contribution in [0.15, 0.2) is 48.5 Å². The number of para-hydroxylation sites is 1. The zero-order chi connectivity index (χ0) is 22.3. The average Bonchev–Trinajstić information content (AvgIpc) is 3.03. The zero-order valence-corrected chi connectivity index (χ0v) is 19.0. The maximum atomic E-state index is 13.0. The van der Waals surface area contributed by atoms with Gasteiger partial charge in [0.15, 0.2) is 0 Å². The van der Waals surface area contributed by atoms with Crippen LogP contribution in [0.3, 0.4) is 0 Å². The van der Waals surface area contributed by atoms with Gasteiger partial charge in [0.1, 0.15) is 0 Å². The summed E-state index contributed by atoms with van der Waals surface area (Å²) >= 11 is 0. The van der Waals surface area contributed by atoms with E-state index in [-0.39, 0.29) is 11.9 Å². The van der Waals surface area contributed by atoms with Crippen molar-refractivity contribution in [3.8, 4) is 0 Å². The lowest BCUT2D eigenvalue weighted by Gasteiger charge is -2.33. The molecule has 0 saturated carbocycles. The molecule has 170 valence electrons. The van der Waals surface area contributed by atoms with Crippen LogP contribution in [0.4, 0.5) is 16.2 Å².